The molecule has 0 radical (unpaired) electrons. The van der Waals surface area contributed by atoms with E-state index in [1.807, 2.05) is 18.0 Å². The summed E-state index contributed by atoms with van der Waals surface area (Å²) in [5, 5.41) is 0.994. The Labute approximate surface area is 135 Å². The number of amides is 1. The van der Waals surface area contributed by atoms with Crippen molar-refractivity contribution in [1.82, 2.24) is 14.9 Å². The Bertz CT molecular complexity index is 675. The van der Waals surface area contributed by atoms with Gasteiger partial charge in [-0.05, 0) is 50.3 Å². The van der Waals surface area contributed by atoms with Crippen molar-refractivity contribution >= 4 is 17.2 Å². The molecule has 5 heteroatoms. The monoisotopic (exact) mass is 315 g/mol. The fourth-order valence-corrected chi connectivity index (χ4v) is 3.80. The number of aryl methyl sites for hydroxylation is 2. The summed E-state index contributed by atoms with van der Waals surface area (Å²) in [5.41, 5.74) is 3.33. The van der Waals surface area contributed by atoms with Crippen molar-refractivity contribution in [1.29, 1.82) is 0 Å². The first kappa shape index (κ1) is 15.2. The molecule has 2 aromatic rings. The summed E-state index contributed by atoms with van der Waals surface area (Å²) in [6, 6.07) is 4.22. The zero-order chi connectivity index (χ0) is 15.7. The van der Waals surface area contributed by atoms with Gasteiger partial charge in [-0.1, -0.05) is 0 Å². The molecular formula is C17H21N3OS. The summed E-state index contributed by atoms with van der Waals surface area (Å²) in [7, 11) is 0. The number of hydrogen-bond donors (Lipinski definition) is 0. The van der Waals surface area contributed by atoms with E-state index in [4.69, 9.17) is 0 Å². The molecule has 1 fully saturated rings. The van der Waals surface area contributed by atoms with Crippen LogP contribution in [0.3, 0.4) is 0 Å². The van der Waals surface area contributed by atoms with Crippen molar-refractivity contribution in [2.24, 2.45) is 5.92 Å². The molecule has 0 aromatic carbocycles. The van der Waals surface area contributed by atoms with Gasteiger partial charge in [0.2, 0.25) is 5.91 Å². The third-order valence-electron chi connectivity index (χ3n) is 4.33. The summed E-state index contributed by atoms with van der Waals surface area (Å²) in [4.78, 5) is 23.7. The van der Waals surface area contributed by atoms with Crippen molar-refractivity contribution in [2.45, 2.75) is 33.6 Å². The molecule has 0 N–H and O–H groups in total. The highest BCUT2D eigenvalue weighted by Crippen LogP contribution is 2.27. The number of aromatic nitrogens is 2. The molecule has 1 saturated heterocycles. The van der Waals surface area contributed by atoms with Crippen LogP contribution >= 0.6 is 11.3 Å². The van der Waals surface area contributed by atoms with Gasteiger partial charge < -0.3 is 4.90 Å². The second kappa shape index (κ2) is 6.16. The minimum atomic E-state index is 0.187. The van der Waals surface area contributed by atoms with Crippen molar-refractivity contribution in [3.8, 4) is 10.7 Å². The normalized spacial score (nSPS) is 18.0. The molecule has 0 spiro atoms. The maximum atomic E-state index is 11.4. The number of likely N-dealkylation sites (tertiary alicyclic amines) is 1. The number of thiazole rings is 1. The molecule has 1 atom stereocenters. The molecule has 1 unspecified atom stereocenters. The Morgan fingerprint density at radius 2 is 2.27 bits per heavy atom. The van der Waals surface area contributed by atoms with Crippen LogP contribution in [0, 0.1) is 19.8 Å². The Morgan fingerprint density at radius 1 is 1.45 bits per heavy atom. The smallest absolute Gasteiger partial charge is 0.219 e. The first-order valence-corrected chi connectivity index (χ1v) is 8.49. The minimum absolute atomic E-state index is 0.187. The van der Waals surface area contributed by atoms with Crippen molar-refractivity contribution in [3.05, 3.63) is 34.5 Å². The summed E-state index contributed by atoms with van der Waals surface area (Å²) >= 11 is 1.70. The van der Waals surface area contributed by atoms with Gasteiger partial charge in [-0.3, -0.25) is 9.78 Å². The van der Waals surface area contributed by atoms with Gasteiger partial charge >= 0.3 is 0 Å². The van der Waals surface area contributed by atoms with Crippen LogP contribution in [0.25, 0.3) is 10.7 Å². The molecular weight excluding hydrogens is 294 g/mol. The second-order valence-corrected chi connectivity index (χ2v) is 7.24. The van der Waals surface area contributed by atoms with E-state index in [2.05, 4.69) is 29.0 Å². The highest BCUT2D eigenvalue weighted by molar-refractivity contribution is 7.15. The van der Waals surface area contributed by atoms with Gasteiger partial charge in [0.1, 0.15) is 5.01 Å². The van der Waals surface area contributed by atoms with Gasteiger partial charge in [-0.25, -0.2) is 4.98 Å². The molecule has 22 heavy (non-hydrogen) atoms. The topological polar surface area (TPSA) is 46.1 Å². The second-order valence-electron chi connectivity index (χ2n) is 6.03. The van der Waals surface area contributed by atoms with Crippen molar-refractivity contribution in [2.75, 3.05) is 13.1 Å². The molecule has 1 aliphatic heterocycles. The van der Waals surface area contributed by atoms with E-state index in [0.717, 1.165) is 42.3 Å². The average Bonchev–Trinajstić information content (AvgIpc) is 3.07. The van der Waals surface area contributed by atoms with E-state index in [1.165, 1.54) is 10.4 Å². The largest absolute Gasteiger partial charge is 0.343 e. The molecule has 2 aromatic heterocycles. The lowest BCUT2D eigenvalue weighted by Gasteiger charge is -2.14. The van der Waals surface area contributed by atoms with Crippen LogP contribution in [0.15, 0.2) is 18.3 Å². The standard InChI is InChI=1S/C17H21N3OS/c1-11-12(2)22-17(19-11)16-9-14(4-6-18-16)8-15-5-7-20(10-15)13(3)21/h4,6,9,15H,5,7-8,10H2,1-3H3. The first-order chi connectivity index (χ1) is 10.5. The molecule has 0 saturated carbocycles. The van der Waals surface area contributed by atoms with Crippen LogP contribution in [0.4, 0.5) is 0 Å². The van der Waals surface area contributed by atoms with E-state index in [0.29, 0.717) is 5.92 Å². The highest BCUT2D eigenvalue weighted by Gasteiger charge is 2.24. The van der Waals surface area contributed by atoms with Gasteiger partial charge in [0, 0.05) is 31.1 Å². The molecule has 1 amide bonds. The SMILES string of the molecule is CC(=O)N1CCC(Cc2ccnc(-c3nc(C)c(C)s3)c2)C1. The molecule has 4 nitrogen and oxygen atoms in total. The van der Waals surface area contributed by atoms with Crippen molar-refractivity contribution in [3.63, 3.8) is 0 Å². The lowest BCUT2D eigenvalue weighted by Crippen LogP contribution is -2.26. The minimum Gasteiger partial charge on any atom is -0.343 e. The van der Waals surface area contributed by atoms with Crippen LogP contribution in [0.5, 0.6) is 0 Å². The molecule has 116 valence electrons. The van der Waals surface area contributed by atoms with E-state index >= 15 is 0 Å². The molecule has 0 bridgehead atoms. The quantitative estimate of drug-likeness (QED) is 0.873. The van der Waals surface area contributed by atoms with E-state index in [1.54, 1.807) is 18.3 Å². The van der Waals surface area contributed by atoms with Crippen LogP contribution in [0.2, 0.25) is 0 Å². The third kappa shape index (κ3) is 3.19. The molecule has 3 heterocycles. The summed E-state index contributed by atoms with van der Waals surface area (Å²) in [6.45, 7) is 7.55. The predicted octanol–water partition coefficient (Wildman–Crippen LogP) is 3.23. The first-order valence-electron chi connectivity index (χ1n) is 7.68. The van der Waals surface area contributed by atoms with E-state index < -0.39 is 0 Å². The summed E-state index contributed by atoms with van der Waals surface area (Å²) < 4.78 is 0. The lowest BCUT2D eigenvalue weighted by atomic mass is 9.99. The molecule has 0 aliphatic carbocycles. The highest BCUT2D eigenvalue weighted by atomic mass is 32.1. The predicted molar refractivity (Wildman–Crippen MR) is 88.9 cm³/mol. The average molecular weight is 315 g/mol. The Balaban J connectivity index is 1.73. The fraction of sp³-hybridized carbons (Fsp3) is 0.471. The number of pyridine rings is 1. The Morgan fingerprint density at radius 3 is 2.91 bits per heavy atom. The Hall–Kier alpha value is -1.75. The molecule has 3 rings (SSSR count). The zero-order valence-electron chi connectivity index (χ0n) is 13.3. The molecule has 1 aliphatic rings. The van der Waals surface area contributed by atoms with Gasteiger partial charge in [0.25, 0.3) is 0 Å². The zero-order valence-corrected chi connectivity index (χ0v) is 14.1. The van der Waals surface area contributed by atoms with Gasteiger partial charge in [0.05, 0.1) is 11.4 Å². The third-order valence-corrected chi connectivity index (χ3v) is 5.42. The van der Waals surface area contributed by atoms with Crippen LogP contribution < -0.4 is 0 Å². The fourth-order valence-electron chi connectivity index (χ4n) is 2.92. The lowest BCUT2D eigenvalue weighted by molar-refractivity contribution is -0.127. The number of carbonyl (C=O) groups is 1. The number of nitrogens with zero attached hydrogens (tertiary/aromatic N) is 3. The maximum absolute atomic E-state index is 11.4. The van der Waals surface area contributed by atoms with Gasteiger partial charge in [-0.2, -0.15) is 0 Å². The van der Waals surface area contributed by atoms with Crippen LogP contribution in [-0.2, 0) is 11.2 Å². The number of rotatable bonds is 3. The summed E-state index contributed by atoms with van der Waals surface area (Å²) in [6.07, 6.45) is 3.96. The van der Waals surface area contributed by atoms with Gasteiger partial charge in [0.15, 0.2) is 0 Å². The summed E-state index contributed by atoms with van der Waals surface area (Å²) in [5.74, 6) is 0.741. The van der Waals surface area contributed by atoms with E-state index in [9.17, 15) is 4.79 Å². The Kier molecular flexibility index (Phi) is 4.25. The van der Waals surface area contributed by atoms with Crippen LogP contribution in [-0.4, -0.2) is 33.9 Å². The van der Waals surface area contributed by atoms with Crippen molar-refractivity contribution < 1.29 is 4.79 Å². The number of carbonyl (C=O) groups excluding carboxylic acids is 1. The number of hydrogen-bond acceptors (Lipinski definition) is 4. The van der Waals surface area contributed by atoms with E-state index in [-0.39, 0.29) is 5.91 Å². The van der Waals surface area contributed by atoms with Gasteiger partial charge in [-0.15, -0.1) is 11.3 Å². The maximum Gasteiger partial charge on any atom is 0.219 e. The van der Waals surface area contributed by atoms with Crippen LogP contribution in [0.1, 0.15) is 29.5 Å².